The monoisotopic (exact) mass is 269 g/mol. The summed E-state index contributed by atoms with van der Waals surface area (Å²) < 4.78 is 26.7. The zero-order valence-electron chi connectivity index (χ0n) is 11.4. The molecule has 3 atom stereocenters. The Kier molecular flexibility index (Phi) is 4.53. The van der Waals surface area contributed by atoms with Crippen LogP contribution in [-0.4, -0.2) is 29.6 Å². The van der Waals surface area contributed by atoms with Gasteiger partial charge in [0.2, 0.25) is 0 Å². The van der Waals surface area contributed by atoms with E-state index in [-0.39, 0.29) is 5.56 Å². The molecule has 1 fully saturated rings. The van der Waals surface area contributed by atoms with Crippen molar-refractivity contribution in [2.24, 2.45) is 11.8 Å². The molecule has 1 saturated heterocycles. The molecule has 4 heteroatoms. The fourth-order valence-corrected chi connectivity index (χ4v) is 3.05. The van der Waals surface area contributed by atoms with Crippen molar-refractivity contribution in [1.29, 1.82) is 0 Å². The molecule has 0 bridgehead atoms. The standard InChI is InChI=1S/C15H21F2NO/c1-10-5-11(2)8-18(7-10)9-15(19)13-6-12(16)3-4-14(13)17/h3-4,6,10-11,15,19H,5,7-9H2,1-2H3. The van der Waals surface area contributed by atoms with Crippen LogP contribution in [0.4, 0.5) is 8.78 Å². The van der Waals surface area contributed by atoms with E-state index in [0.29, 0.717) is 18.4 Å². The summed E-state index contributed by atoms with van der Waals surface area (Å²) in [6, 6.07) is 3.21. The van der Waals surface area contributed by atoms with E-state index >= 15 is 0 Å². The molecule has 1 aliphatic rings. The average molecular weight is 269 g/mol. The van der Waals surface area contributed by atoms with E-state index in [1.165, 1.54) is 6.42 Å². The smallest absolute Gasteiger partial charge is 0.129 e. The third kappa shape index (κ3) is 3.74. The van der Waals surface area contributed by atoms with Gasteiger partial charge in [0.25, 0.3) is 0 Å². The van der Waals surface area contributed by atoms with E-state index in [1.807, 2.05) is 0 Å². The average Bonchev–Trinajstić information content (AvgIpc) is 2.30. The Hall–Kier alpha value is -1.00. The van der Waals surface area contributed by atoms with Crippen molar-refractivity contribution in [2.75, 3.05) is 19.6 Å². The molecule has 1 heterocycles. The zero-order valence-corrected chi connectivity index (χ0v) is 11.4. The minimum Gasteiger partial charge on any atom is -0.387 e. The summed E-state index contributed by atoms with van der Waals surface area (Å²) >= 11 is 0. The molecular formula is C15H21F2NO. The molecule has 1 N–H and O–H groups in total. The number of β-amino-alcohol motifs (C(OH)–C–C–N with tert-alkyl or cyclic N) is 1. The number of nitrogens with zero attached hydrogens (tertiary/aromatic N) is 1. The Morgan fingerprint density at radius 1 is 1.26 bits per heavy atom. The van der Waals surface area contributed by atoms with Gasteiger partial charge in [-0.25, -0.2) is 8.78 Å². The van der Waals surface area contributed by atoms with Crippen LogP contribution in [0.15, 0.2) is 18.2 Å². The van der Waals surface area contributed by atoms with E-state index in [4.69, 9.17) is 0 Å². The van der Waals surface area contributed by atoms with Crippen molar-refractivity contribution >= 4 is 0 Å². The van der Waals surface area contributed by atoms with Gasteiger partial charge in [-0.3, -0.25) is 4.90 Å². The molecule has 3 unspecified atom stereocenters. The number of aliphatic hydroxyl groups is 1. The highest BCUT2D eigenvalue weighted by molar-refractivity contribution is 5.21. The van der Waals surface area contributed by atoms with Gasteiger partial charge in [-0.2, -0.15) is 0 Å². The lowest BCUT2D eigenvalue weighted by atomic mass is 9.91. The molecule has 0 aliphatic carbocycles. The number of hydrogen-bond acceptors (Lipinski definition) is 2. The number of likely N-dealkylation sites (tertiary alicyclic amines) is 1. The largest absolute Gasteiger partial charge is 0.387 e. The van der Waals surface area contributed by atoms with Crippen molar-refractivity contribution in [3.05, 3.63) is 35.4 Å². The predicted octanol–water partition coefficient (Wildman–Crippen LogP) is 2.98. The van der Waals surface area contributed by atoms with Crippen LogP contribution in [0.25, 0.3) is 0 Å². The van der Waals surface area contributed by atoms with Crippen LogP contribution in [-0.2, 0) is 0 Å². The molecule has 0 spiro atoms. The topological polar surface area (TPSA) is 23.5 Å². The van der Waals surface area contributed by atoms with E-state index in [1.54, 1.807) is 0 Å². The maximum Gasteiger partial charge on any atom is 0.129 e. The van der Waals surface area contributed by atoms with Crippen molar-refractivity contribution in [3.63, 3.8) is 0 Å². The first-order chi connectivity index (χ1) is 8.95. The molecule has 106 valence electrons. The van der Waals surface area contributed by atoms with Crippen molar-refractivity contribution in [2.45, 2.75) is 26.4 Å². The third-order valence-electron chi connectivity index (χ3n) is 3.69. The second kappa shape index (κ2) is 5.97. The van der Waals surface area contributed by atoms with Gasteiger partial charge in [0.15, 0.2) is 0 Å². The lowest BCUT2D eigenvalue weighted by Crippen LogP contribution is -2.41. The summed E-state index contributed by atoms with van der Waals surface area (Å²) in [4.78, 5) is 2.13. The maximum atomic E-state index is 13.6. The summed E-state index contributed by atoms with van der Waals surface area (Å²) in [7, 11) is 0. The van der Waals surface area contributed by atoms with Crippen LogP contribution < -0.4 is 0 Å². The number of benzene rings is 1. The summed E-state index contributed by atoms with van der Waals surface area (Å²) in [6.45, 7) is 6.52. The number of rotatable bonds is 3. The quantitative estimate of drug-likeness (QED) is 0.912. The molecular weight excluding hydrogens is 248 g/mol. The van der Waals surface area contributed by atoms with Crippen molar-refractivity contribution in [3.8, 4) is 0 Å². The predicted molar refractivity (Wildman–Crippen MR) is 70.7 cm³/mol. The summed E-state index contributed by atoms with van der Waals surface area (Å²) in [5.74, 6) is 0.0875. The molecule has 1 aliphatic heterocycles. The second-order valence-corrected chi connectivity index (χ2v) is 5.85. The molecule has 2 rings (SSSR count). The van der Waals surface area contributed by atoms with Gasteiger partial charge in [0.1, 0.15) is 11.6 Å². The Labute approximate surface area is 113 Å². The third-order valence-corrected chi connectivity index (χ3v) is 3.69. The minimum absolute atomic E-state index is 0.0471. The minimum atomic E-state index is -0.979. The Morgan fingerprint density at radius 3 is 2.53 bits per heavy atom. The van der Waals surface area contributed by atoms with Crippen LogP contribution in [0.1, 0.15) is 31.9 Å². The van der Waals surface area contributed by atoms with Crippen LogP contribution >= 0.6 is 0 Å². The fourth-order valence-electron chi connectivity index (χ4n) is 3.05. The second-order valence-electron chi connectivity index (χ2n) is 5.85. The van der Waals surface area contributed by atoms with E-state index in [0.717, 1.165) is 31.3 Å². The molecule has 2 nitrogen and oxygen atoms in total. The molecule has 0 amide bonds. The highest BCUT2D eigenvalue weighted by atomic mass is 19.1. The first kappa shape index (κ1) is 14.4. The summed E-state index contributed by atoms with van der Waals surface area (Å²) in [6.07, 6.45) is 0.203. The van der Waals surface area contributed by atoms with Crippen LogP contribution in [0.2, 0.25) is 0 Å². The summed E-state index contributed by atoms with van der Waals surface area (Å²) in [5, 5.41) is 10.1. The number of aliphatic hydroxyl groups excluding tert-OH is 1. The number of piperidine rings is 1. The SMILES string of the molecule is CC1CC(C)CN(CC(O)c2cc(F)ccc2F)C1. The number of hydrogen-bond donors (Lipinski definition) is 1. The van der Waals surface area contributed by atoms with Crippen LogP contribution in [0, 0.1) is 23.5 Å². The molecule has 0 aromatic heterocycles. The maximum absolute atomic E-state index is 13.6. The highest BCUT2D eigenvalue weighted by Crippen LogP contribution is 2.25. The lowest BCUT2D eigenvalue weighted by Gasteiger charge is -2.36. The summed E-state index contributed by atoms with van der Waals surface area (Å²) in [5.41, 5.74) is 0.0471. The number of halogens is 2. The molecule has 0 radical (unpaired) electrons. The Bertz CT molecular complexity index is 428. The van der Waals surface area contributed by atoms with Crippen molar-refractivity contribution in [1.82, 2.24) is 4.90 Å². The molecule has 19 heavy (non-hydrogen) atoms. The van der Waals surface area contributed by atoms with Crippen LogP contribution in [0.5, 0.6) is 0 Å². The van der Waals surface area contributed by atoms with Crippen LogP contribution in [0.3, 0.4) is 0 Å². The van der Waals surface area contributed by atoms with Gasteiger partial charge in [0.05, 0.1) is 6.10 Å². The first-order valence-corrected chi connectivity index (χ1v) is 6.81. The molecule has 1 aromatic carbocycles. The lowest BCUT2D eigenvalue weighted by molar-refractivity contribution is 0.0680. The van der Waals surface area contributed by atoms with Gasteiger partial charge in [-0.05, 0) is 36.5 Å². The first-order valence-electron chi connectivity index (χ1n) is 6.81. The van der Waals surface area contributed by atoms with Gasteiger partial charge in [-0.15, -0.1) is 0 Å². The van der Waals surface area contributed by atoms with Crippen molar-refractivity contribution < 1.29 is 13.9 Å². The molecule has 1 aromatic rings. The van der Waals surface area contributed by atoms with Gasteiger partial charge in [-0.1, -0.05) is 13.8 Å². The van der Waals surface area contributed by atoms with E-state index < -0.39 is 17.7 Å². The van der Waals surface area contributed by atoms with Gasteiger partial charge >= 0.3 is 0 Å². The zero-order chi connectivity index (χ0) is 14.0. The Balaban J connectivity index is 2.04. The van der Waals surface area contributed by atoms with E-state index in [9.17, 15) is 13.9 Å². The highest BCUT2D eigenvalue weighted by Gasteiger charge is 2.24. The normalized spacial score (nSPS) is 26.4. The van der Waals surface area contributed by atoms with Gasteiger partial charge in [0, 0.05) is 25.2 Å². The Morgan fingerprint density at radius 2 is 1.89 bits per heavy atom. The molecule has 0 saturated carbocycles. The van der Waals surface area contributed by atoms with E-state index in [2.05, 4.69) is 18.7 Å². The van der Waals surface area contributed by atoms with Gasteiger partial charge < -0.3 is 5.11 Å². The fraction of sp³-hybridized carbons (Fsp3) is 0.600.